The normalized spacial score (nSPS) is 10.8. The molecular formula is C13H26N2O2. The van der Waals surface area contributed by atoms with Gasteiger partial charge in [-0.15, -0.1) is 0 Å². The smallest absolute Gasteiger partial charge is 0.222 e. The topological polar surface area (TPSA) is 40.6 Å². The molecule has 0 bridgehead atoms. The molecule has 0 aliphatic heterocycles. The SMILES string of the molecule is CC(C)N(C)C(=O)CCCC(=O)N(C)C(C)C. The molecule has 0 saturated heterocycles. The van der Waals surface area contributed by atoms with Gasteiger partial charge in [0.15, 0.2) is 0 Å². The average molecular weight is 242 g/mol. The Bertz CT molecular complexity index is 236. The molecule has 17 heavy (non-hydrogen) atoms. The standard InChI is InChI=1S/C13H26N2O2/c1-10(2)14(5)12(16)8-7-9-13(17)15(6)11(3)4/h10-11H,7-9H2,1-6H3. The van der Waals surface area contributed by atoms with Crippen LogP contribution >= 0.6 is 0 Å². The highest BCUT2D eigenvalue weighted by Crippen LogP contribution is 2.06. The van der Waals surface area contributed by atoms with E-state index < -0.39 is 0 Å². The first-order valence-electron chi connectivity index (χ1n) is 6.28. The van der Waals surface area contributed by atoms with Gasteiger partial charge in [-0.1, -0.05) is 0 Å². The highest BCUT2D eigenvalue weighted by Gasteiger charge is 2.14. The highest BCUT2D eigenvalue weighted by molar-refractivity contribution is 5.79. The van der Waals surface area contributed by atoms with Crippen LogP contribution in [0.1, 0.15) is 47.0 Å². The first-order chi connectivity index (χ1) is 7.77. The van der Waals surface area contributed by atoms with Gasteiger partial charge in [-0.25, -0.2) is 0 Å². The molecule has 0 unspecified atom stereocenters. The minimum atomic E-state index is 0.111. The summed E-state index contributed by atoms with van der Waals surface area (Å²) in [5, 5.41) is 0. The second kappa shape index (κ2) is 7.30. The predicted octanol–water partition coefficient (Wildman–Crippen LogP) is 1.89. The molecule has 0 heterocycles. The summed E-state index contributed by atoms with van der Waals surface area (Å²) in [6, 6.07) is 0.438. The van der Waals surface area contributed by atoms with E-state index in [1.165, 1.54) is 0 Å². The fourth-order valence-corrected chi connectivity index (χ4v) is 1.32. The van der Waals surface area contributed by atoms with Gasteiger partial charge >= 0.3 is 0 Å². The van der Waals surface area contributed by atoms with Crippen molar-refractivity contribution in [2.75, 3.05) is 14.1 Å². The third kappa shape index (κ3) is 5.71. The third-order valence-corrected chi connectivity index (χ3v) is 3.12. The summed E-state index contributed by atoms with van der Waals surface area (Å²) in [6.07, 6.45) is 1.53. The van der Waals surface area contributed by atoms with Crippen LogP contribution in [0.4, 0.5) is 0 Å². The molecule has 4 nitrogen and oxygen atoms in total. The van der Waals surface area contributed by atoms with Crippen molar-refractivity contribution < 1.29 is 9.59 Å². The molecule has 0 atom stereocenters. The minimum Gasteiger partial charge on any atom is -0.343 e. The van der Waals surface area contributed by atoms with Crippen molar-refractivity contribution in [1.82, 2.24) is 9.80 Å². The Morgan fingerprint density at radius 3 is 1.35 bits per heavy atom. The lowest BCUT2D eigenvalue weighted by Crippen LogP contribution is -2.34. The Hall–Kier alpha value is -1.06. The monoisotopic (exact) mass is 242 g/mol. The Morgan fingerprint density at radius 1 is 0.824 bits per heavy atom. The quantitative estimate of drug-likeness (QED) is 0.713. The molecule has 0 saturated carbocycles. The molecule has 0 aromatic rings. The summed E-state index contributed by atoms with van der Waals surface area (Å²) in [6.45, 7) is 7.93. The van der Waals surface area contributed by atoms with E-state index in [0.717, 1.165) is 0 Å². The maximum absolute atomic E-state index is 11.7. The molecule has 0 aromatic heterocycles. The zero-order valence-corrected chi connectivity index (χ0v) is 12.0. The van der Waals surface area contributed by atoms with Gasteiger partial charge in [-0.2, -0.15) is 0 Å². The maximum atomic E-state index is 11.7. The van der Waals surface area contributed by atoms with E-state index in [9.17, 15) is 9.59 Å². The van der Waals surface area contributed by atoms with Gasteiger partial charge < -0.3 is 9.80 Å². The number of amides is 2. The molecular weight excluding hydrogens is 216 g/mol. The lowest BCUT2D eigenvalue weighted by molar-refractivity contribution is -0.132. The molecule has 0 rings (SSSR count). The van der Waals surface area contributed by atoms with Crippen molar-refractivity contribution in [2.24, 2.45) is 0 Å². The fraction of sp³-hybridized carbons (Fsp3) is 0.846. The second-order valence-corrected chi connectivity index (χ2v) is 5.05. The molecule has 0 aromatic carbocycles. The highest BCUT2D eigenvalue weighted by atomic mass is 16.2. The number of nitrogens with zero attached hydrogens (tertiary/aromatic N) is 2. The average Bonchev–Trinajstić information content (AvgIpc) is 2.26. The van der Waals surface area contributed by atoms with Crippen molar-refractivity contribution >= 4 is 11.8 Å². The summed E-state index contributed by atoms with van der Waals surface area (Å²) in [5.41, 5.74) is 0. The number of hydrogen-bond acceptors (Lipinski definition) is 2. The lowest BCUT2D eigenvalue weighted by Gasteiger charge is -2.23. The van der Waals surface area contributed by atoms with Crippen molar-refractivity contribution in [3.63, 3.8) is 0 Å². The first-order valence-corrected chi connectivity index (χ1v) is 6.28. The van der Waals surface area contributed by atoms with Crippen molar-refractivity contribution in [2.45, 2.75) is 59.0 Å². The largest absolute Gasteiger partial charge is 0.343 e. The van der Waals surface area contributed by atoms with Gasteiger partial charge in [-0.05, 0) is 34.1 Å². The molecule has 100 valence electrons. The number of rotatable bonds is 6. The van der Waals surface area contributed by atoms with E-state index in [1.807, 2.05) is 27.7 Å². The van der Waals surface area contributed by atoms with Gasteiger partial charge in [0.25, 0.3) is 0 Å². The zero-order valence-electron chi connectivity index (χ0n) is 12.0. The number of carbonyl (C=O) groups excluding carboxylic acids is 2. The van der Waals surface area contributed by atoms with E-state index >= 15 is 0 Å². The third-order valence-electron chi connectivity index (χ3n) is 3.12. The van der Waals surface area contributed by atoms with E-state index in [0.29, 0.717) is 19.3 Å². The Kier molecular flexibility index (Phi) is 6.85. The summed E-state index contributed by atoms with van der Waals surface area (Å²) < 4.78 is 0. The summed E-state index contributed by atoms with van der Waals surface area (Å²) in [5.74, 6) is 0.222. The summed E-state index contributed by atoms with van der Waals surface area (Å²) in [4.78, 5) is 26.8. The van der Waals surface area contributed by atoms with Crippen molar-refractivity contribution in [3.05, 3.63) is 0 Å². The van der Waals surface area contributed by atoms with Crippen LogP contribution < -0.4 is 0 Å². The zero-order chi connectivity index (χ0) is 13.6. The van der Waals surface area contributed by atoms with E-state index in [2.05, 4.69) is 0 Å². The number of hydrogen-bond donors (Lipinski definition) is 0. The molecule has 2 amide bonds. The van der Waals surface area contributed by atoms with Crippen LogP contribution in [0.25, 0.3) is 0 Å². The van der Waals surface area contributed by atoms with Crippen LogP contribution in [0.2, 0.25) is 0 Å². The minimum absolute atomic E-state index is 0.111. The van der Waals surface area contributed by atoms with Crippen LogP contribution in [-0.2, 0) is 9.59 Å². The number of carbonyl (C=O) groups is 2. The van der Waals surface area contributed by atoms with E-state index in [-0.39, 0.29) is 23.9 Å². The van der Waals surface area contributed by atoms with Gasteiger partial charge in [0.05, 0.1) is 0 Å². The first kappa shape index (κ1) is 15.9. The molecule has 0 spiro atoms. The molecule has 0 aliphatic carbocycles. The molecule has 0 radical (unpaired) electrons. The van der Waals surface area contributed by atoms with Gasteiger partial charge in [-0.3, -0.25) is 9.59 Å². The van der Waals surface area contributed by atoms with Crippen LogP contribution in [0.15, 0.2) is 0 Å². The maximum Gasteiger partial charge on any atom is 0.222 e. The fourth-order valence-electron chi connectivity index (χ4n) is 1.32. The van der Waals surface area contributed by atoms with E-state index in [1.54, 1.807) is 23.9 Å². The second-order valence-electron chi connectivity index (χ2n) is 5.05. The predicted molar refractivity (Wildman–Crippen MR) is 69.7 cm³/mol. The molecule has 0 fully saturated rings. The van der Waals surface area contributed by atoms with Crippen LogP contribution in [0, 0.1) is 0 Å². The van der Waals surface area contributed by atoms with Gasteiger partial charge in [0, 0.05) is 39.0 Å². The van der Waals surface area contributed by atoms with E-state index in [4.69, 9.17) is 0 Å². The molecule has 0 N–H and O–H groups in total. The van der Waals surface area contributed by atoms with Crippen molar-refractivity contribution in [1.29, 1.82) is 0 Å². The van der Waals surface area contributed by atoms with Gasteiger partial charge in [0.2, 0.25) is 11.8 Å². The Morgan fingerprint density at radius 2 is 1.12 bits per heavy atom. The van der Waals surface area contributed by atoms with Crippen LogP contribution in [0.3, 0.4) is 0 Å². The van der Waals surface area contributed by atoms with Gasteiger partial charge in [0.1, 0.15) is 0 Å². The molecule has 0 aliphatic rings. The lowest BCUT2D eigenvalue weighted by atomic mass is 10.2. The summed E-state index contributed by atoms with van der Waals surface area (Å²) in [7, 11) is 3.60. The van der Waals surface area contributed by atoms with Crippen molar-refractivity contribution in [3.8, 4) is 0 Å². The Labute approximate surface area is 105 Å². The van der Waals surface area contributed by atoms with Crippen LogP contribution in [-0.4, -0.2) is 47.8 Å². The molecule has 4 heteroatoms. The summed E-state index contributed by atoms with van der Waals surface area (Å²) >= 11 is 0. The van der Waals surface area contributed by atoms with Crippen LogP contribution in [0.5, 0.6) is 0 Å². The Balaban J connectivity index is 3.92.